The van der Waals surface area contributed by atoms with Crippen molar-refractivity contribution in [3.8, 4) is 17.0 Å². The zero-order chi connectivity index (χ0) is 21.9. The Hall–Kier alpha value is -2.65. The molecule has 1 aromatic carbocycles. The number of pyridine rings is 1. The Morgan fingerprint density at radius 2 is 1.93 bits per heavy atom. The predicted octanol–water partition coefficient (Wildman–Crippen LogP) is 2.46. The maximum atomic E-state index is 13.0. The van der Waals surface area contributed by atoms with E-state index < -0.39 is 28.7 Å². The van der Waals surface area contributed by atoms with Crippen molar-refractivity contribution in [1.82, 2.24) is 4.98 Å². The van der Waals surface area contributed by atoms with Gasteiger partial charge < -0.3 is 21.3 Å². The molecule has 1 aliphatic carbocycles. The number of ether oxygens (including phenoxy) is 1. The van der Waals surface area contributed by atoms with Crippen molar-refractivity contribution in [1.29, 1.82) is 0 Å². The van der Waals surface area contributed by atoms with Crippen molar-refractivity contribution in [2.24, 2.45) is 17.4 Å². The number of nitrogens with two attached hydrogens (primary N) is 2. The number of benzene rings is 1. The van der Waals surface area contributed by atoms with Crippen LogP contribution in [0.4, 0.5) is 13.2 Å². The van der Waals surface area contributed by atoms with Crippen LogP contribution in [0, 0.1) is 5.92 Å². The first-order chi connectivity index (χ1) is 14.0. The predicted molar refractivity (Wildman–Crippen MR) is 102 cm³/mol. The summed E-state index contributed by atoms with van der Waals surface area (Å²) in [7, 11) is 0. The van der Waals surface area contributed by atoms with Gasteiger partial charge in [-0.1, -0.05) is 12.1 Å². The van der Waals surface area contributed by atoms with Gasteiger partial charge >= 0.3 is 6.18 Å². The van der Waals surface area contributed by atoms with Crippen LogP contribution in [0.2, 0.25) is 0 Å². The Morgan fingerprint density at radius 1 is 1.30 bits per heavy atom. The van der Waals surface area contributed by atoms with E-state index in [0.717, 1.165) is 25.0 Å². The minimum atomic E-state index is -4.47. The standard InChI is InChI=1S/C21H22F3N3O3/c1-19(18(26)28)10-30-17-14(19)8-15(20(29,9-25)12-6-7-12)27-16(17)11-2-4-13(5-3-11)21(22,23)24/h2-5,8,12,29H,6-7,9-10,25H2,1H3,(H2,26,28)/t19-,20+/m0/s1. The van der Waals surface area contributed by atoms with Crippen molar-refractivity contribution < 1.29 is 27.8 Å². The summed E-state index contributed by atoms with van der Waals surface area (Å²) in [5.74, 6) is -0.412. The molecule has 9 heteroatoms. The van der Waals surface area contributed by atoms with Crippen molar-refractivity contribution >= 4 is 5.91 Å². The Balaban J connectivity index is 1.91. The molecule has 2 aliphatic rings. The zero-order valence-electron chi connectivity index (χ0n) is 16.3. The first kappa shape index (κ1) is 20.6. The lowest BCUT2D eigenvalue weighted by molar-refractivity contribution is -0.137. The van der Waals surface area contributed by atoms with Crippen LogP contribution >= 0.6 is 0 Å². The van der Waals surface area contributed by atoms with Crippen LogP contribution in [0.25, 0.3) is 11.3 Å². The third-order valence-electron chi connectivity index (χ3n) is 6.11. The molecule has 1 saturated carbocycles. The summed E-state index contributed by atoms with van der Waals surface area (Å²) in [6.45, 7) is 1.52. The van der Waals surface area contributed by atoms with Crippen molar-refractivity contribution in [3.63, 3.8) is 0 Å². The van der Waals surface area contributed by atoms with Gasteiger partial charge in [0.15, 0.2) is 0 Å². The number of nitrogens with zero attached hydrogens (tertiary/aromatic N) is 1. The van der Waals surface area contributed by atoms with E-state index in [9.17, 15) is 23.1 Å². The SMILES string of the molecule is C[C@]1(C(N)=O)COc2c1cc([C@@](O)(CN)C1CC1)nc2-c1ccc(C(F)(F)F)cc1. The molecule has 2 heterocycles. The number of carbonyl (C=O) groups excluding carboxylic acids is 1. The number of aromatic nitrogens is 1. The van der Waals surface area contributed by atoms with Crippen LogP contribution in [0.1, 0.15) is 36.6 Å². The molecule has 2 aromatic rings. The molecule has 4 rings (SSSR count). The summed E-state index contributed by atoms with van der Waals surface area (Å²) >= 11 is 0. The number of primary amides is 1. The fourth-order valence-corrected chi connectivity index (χ4v) is 3.86. The van der Waals surface area contributed by atoms with Gasteiger partial charge in [0.25, 0.3) is 0 Å². The Bertz CT molecular complexity index is 1010. The van der Waals surface area contributed by atoms with Gasteiger partial charge in [0.2, 0.25) is 5.91 Å². The highest BCUT2D eigenvalue weighted by Gasteiger charge is 2.49. The topological polar surface area (TPSA) is 111 Å². The Labute approximate surface area is 171 Å². The normalized spacial score (nSPS) is 22.9. The summed E-state index contributed by atoms with van der Waals surface area (Å²) in [6, 6.07) is 6.07. The average Bonchev–Trinajstić information content (AvgIpc) is 3.51. The van der Waals surface area contributed by atoms with Crippen LogP contribution in [-0.4, -0.2) is 29.1 Å². The largest absolute Gasteiger partial charge is 0.489 e. The van der Waals surface area contributed by atoms with Gasteiger partial charge in [-0.2, -0.15) is 13.2 Å². The highest BCUT2D eigenvalue weighted by atomic mass is 19.4. The summed E-state index contributed by atoms with van der Waals surface area (Å²) < 4.78 is 44.6. The van der Waals surface area contributed by atoms with Crippen molar-refractivity contribution in [2.45, 2.75) is 37.0 Å². The van der Waals surface area contributed by atoms with Crippen molar-refractivity contribution in [2.75, 3.05) is 13.2 Å². The molecule has 160 valence electrons. The zero-order valence-corrected chi connectivity index (χ0v) is 16.3. The summed E-state index contributed by atoms with van der Waals surface area (Å²) in [5.41, 5.74) is 9.45. The maximum absolute atomic E-state index is 13.0. The average molecular weight is 421 g/mol. The number of alkyl halides is 3. The van der Waals surface area contributed by atoms with Gasteiger partial charge in [-0.25, -0.2) is 4.98 Å². The Morgan fingerprint density at radius 3 is 2.43 bits per heavy atom. The first-order valence-electron chi connectivity index (χ1n) is 9.59. The van der Waals surface area contributed by atoms with Crippen LogP contribution in [0.15, 0.2) is 30.3 Å². The molecule has 0 saturated heterocycles. The summed E-state index contributed by atoms with van der Waals surface area (Å²) in [6.07, 6.45) is -2.90. The van der Waals surface area contributed by atoms with E-state index >= 15 is 0 Å². The molecule has 0 unspecified atom stereocenters. The lowest BCUT2D eigenvalue weighted by Gasteiger charge is -2.28. The van der Waals surface area contributed by atoms with E-state index in [1.54, 1.807) is 13.0 Å². The molecule has 6 nitrogen and oxygen atoms in total. The number of aliphatic hydroxyl groups is 1. The highest BCUT2D eigenvalue weighted by Crippen LogP contribution is 2.49. The van der Waals surface area contributed by atoms with E-state index in [1.165, 1.54) is 12.1 Å². The van der Waals surface area contributed by atoms with Gasteiger partial charge in [-0.3, -0.25) is 4.79 Å². The van der Waals surface area contributed by atoms with Crippen LogP contribution in [0.5, 0.6) is 5.75 Å². The second-order valence-corrected chi connectivity index (χ2v) is 8.20. The fourth-order valence-electron chi connectivity index (χ4n) is 3.86. The van der Waals surface area contributed by atoms with Gasteiger partial charge in [0.05, 0.1) is 11.3 Å². The number of carbonyl (C=O) groups is 1. The molecule has 1 amide bonds. The summed E-state index contributed by atoms with van der Waals surface area (Å²) in [5, 5.41) is 11.2. The number of hydrogen-bond donors (Lipinski definition) is 3. The monoisotopic (exact) mass is 421 g/mol. The van der Waals surface area contributed by atoms with Gasteiger partial charge in [-0.05, 0) is 43.9 Å². The lowest BCUT2D eigenvalue weighted by Crippen LogP contribution is -2.41. The number of halogens is 3. The molecule has 0 radical (unpaired) electrons. The Kier molecular flexibility index (Phi) is 4.59. The van der Waals surface area contributed by atoms with Crippen LogP contribution < -0.4 is 16.2 Å². The summed E-state index contributed by atoms with van der Waals surface area (Å²) in [4.78, 5) is 16.7. The van der Waals surface area contributed by atoms with E-state index in [0.29, 0.717) is 11.1 Å². The third-order valence-corrected chi connectivity index (χ3v) is 6.11. The highest BCUT2D eigenvalue weighted by molar-refractivity contribution is 5.90. The van der Waals surface area contributed by atoms with E-state index in [4.69, 9.17) is 16.2 Å². The molecule has 0 bridgehead atoms. The molecule has 0 spiro atoms. The molecule has 1 fully saturated rings. The minimum Gasteiger partial charge on any atom is -0.489 e. The molecule has 1 aliphatic heterocycles. The van der Waals surface area contributed by atoms with Gasteiger partial charge in [0.1, 0.15) is 29.1 Å². The molecule has 2 atom stereocenters. The molecule has 1 aromatic heterocycles. The smallest absolute Gasteiger partial charge is 0.416 e. The quantitative estimate of drug-likeness (QED) is 0.687. The fraction of sp³-hybridized carbons (Fsp3) is 0.429. The second kappa shape index (κ2) is 6.68. The maximum Gasteiger partial charge on any atom is 0.416 e. The van der Waals surface area contributed by atoms with Crippen LogP contribution in [-0.2, 0) is 22.0 Å². The molecule has 5 N–H and O–H groups in total. The number of fused-ring (bicyclic) bond motifs is 1. The van der Waals surface area contributed by atoms with E-state index in [1.807, 2.05) is 0 Å². The lowest BCUT2D eigenvalue weighted by atomic mass is 9.81. The van der Waals surface area contributed by atoms with Gasteiger partial charge in [0, 0.05) is 17.7 Å². The molecular weight excluding hydrogens is 399 g/mol. The number of amides is 1. The van der Waals surface area contributed by atoms with Gasteiger partial charge in [-0.15, -0.1) is 0 Å². The van der Waals surface area contributed by atoms with Crippen LogP contribution in [0.3, 0.4) is 0 Å². The van der Waals surface area contributed by atoms with Crippen molar-refractivity contribution in [3.05, 3.63) is 47.2 Å². The number of rotatable bonds is 5. The van der Waals surface area contributed by atoms with E-state index in [-0.39, 0.29) is 36.2 Å². The second-order valence-electron chi connectivity index (χ2n) is 8.20. The first-order valence-corrected chi connectivity index (χ1v) is 9.59. The van der Waals surface area contributed by atoms with E-state index in [2.05, 4.69) is 4.98 Å². The molecule has 30 heavy (non-hydrogen) atoms. The molecular formula is C21H22F3N3O3. The number of hydrogen-bond acceptors (Lipinski definition) is 5. The minimum absolute atomic E-state index is 0.0269. The third kappa shape index (κ3) is 3.13.